The van der Waals surface area contributed by atoms with Crippen LogP contribution in [-0.4, -0.2) is 31.7 Å². The molecule has 0 aliphatic carbocycles. The number of fused-ring (bicyclic) bond motifs is 1. The second-order valence-electron chi connectivity index (χ2n) is 4.78. The van der Waals surface area contributed by atoms with Gasteiger partial charge in [-0.25, -0.2) is 0 Å². The third kappa shape index (κ3) is 5.06. The number of nitrogens with zero attached hydrogens (tertiary/aromatic N) is 1. The average molecular weight is 310 g/mol. The number of ether oxygens (including phenoxy) is 1. The summed E-state index contributed by atoms with van der Waals surface area (Å²) in [6.45, 7) is 5.11. The highest BCUT2D eigenvalue weighted by atomic mass is 35.5. The molecule has 4 nitrogen and oxygen atoms in total. The molecule has 0 aliphatic rings. The van der Waals surface area contributed by atoms with Gasteiger partial charge in [0.25, 0.3) is 0 Å². The van der Waals surface area contributed by atoms with Crippen LogP contribution in [0.1, 0.15) is 19.8 Å². The first-order valence-electron chi connectivity index (χ1n) is 7.22. The van der Waals surface area contributed by atoms with Crippen molar-refractivity contribution in [1.82, 2.24) is 10.3 Å². The van der Waals surface area contributed by atoms with E-state index in [-0.39, 0.29) is 12.4 Å². The standard InChI is InChI=1S/C16H23N3O.ClH/c1-3-4-7-17-9-10-18-15-12-14(20-2)11-13-6-5-8-19-16(13)15;/h5-6,8,11-12,17-18H,3-4,7,9-10H2,1-2H3;1H. The molecule has 0 saturated heterocycles. The van der Waals surface area contributed by atoms with Crippen LogP contribution in [0.4, 0.5) is 5.69 Å². The maximum atomic E-state index is 5.34. The van der Waals surface area contributed by atoms with Crippen LogP contribution in [0, 0.1) is 0 Å². The quantitative estimate of drug-likeness (QED) is 0.733. The fourth-order valence-corrected chi connectivity index (χ4v) is 2.13. The highest BCUT2D eigenvalue weighted by molar-refractivity contribution is 5.91. The third-order valence-electron chi connectivity index (χ3n) is 3.24. The van der Waals surface area contributed by atoms with Gasteiger partial charge in [0.15, 0.2) is 0 Å². The summed E-state index contributed by atoms with van der Waals surface area (Å²) in [4.78, 5) is 4.45. The Bertz CT molecular complexity index is 548. The van der Waals surface area contributed by atoms with E-state index in [0.29, 0.717) is 0 Å². The first-order chi connectivity index (χ1) is 9.85. The fourth-order valence-electron chi connectivity index (χ4n) is 2.13. The number of aromatic nitrogens is 1. The van der Waals surface area contributed by atoms with Crippen LogP contribution in [0.3, 0.4) is 0 Å². The zero-order valence-electron chi connectivity index (χ0n) is 12.7. The van der Waals surface area contributed by atoms with Gasteiger partial charge in [0.2, 0.25) is 0 Å². The second-order valence-corrected chi connectivity index (χ2v) is 4.78. The molecule has 0 saturated carbocycles. The van der Waals surface area contributed by atoms with Crippen molar-refractivity contribution in [3.63, 3.8) is 0 Å². The Labute approximate surface area is 132 Å². The summed E-state index contributed by atoms with van der Waals surface area (Å²) in [5, 5.41) is 7.94. The Kier molecular flexibility index (Phi) is 7.87. The Balaban J connectivity index is 0.00000220. The van der Waals surface area contributed by atoms with E-state index in [1.54, 1.807) is 7.11 Å². The van der Waals surface area contributed by atoms with Crippen LogP contribution in [-0.2, 0) is 0 Å². The number of halogens is 1. The zero-order chi connectivity index (χ0) is 14.2. The van der Waals surface area contributed by atoms with Gasteiger partial charge in [0.05, 0.1) is 18.3 Å². The molecule has 2 aromatic rings. The summed E-state index contributed by atoms with van der Waals surface area (Å²) < 4.78 is 5.34. The van der Waals surface area contributed by atoms with Crippen LogP contribution in [0.5, 0.6) is 5.75 Å². The average Bonchev–Trinajstić information content (AvgIpc) is 2.50. The molecule has 0 unspecified atom stereocenters. The highest BCUT2D eigenvalue weighted by Gasteiger charge is 2.04. The van der Waals surface area contributed by atoms with Gasteiger partial charge in [-0.3, -0.25) is 4.98 Å². The Morgan fingerprint density at radius 1 is 1.19 bits per heavy atom. The van der Waals surface area contributed by atoms with Crippen molar-refractivity contribution in [1.29, 1.82) is 0 Å². The molecule has 0 radical (unpaired) electrons. The van der Waals surface area contributed by atoms with E-state index in [1.165, 1.54) is 12.8 Å². The Morgan fingerprint density at radius 2 is 2.05 bits per heavy atom. The van der Waals surface area contributed by atoms with E-state index in [0.717, 1.165) is 42.0 Å². The molecule has 0 atom stereocenters. The molecule has 116 valence electrons. The molecule has 0 amide bonds. The normalized spacial score (nSPS) is 10.2. The van der Waals surface area contributed by atoms with E-state index >= 15 is 0 Å². The predicted molar refractivity (Wildman–Crippen MR) is 91.8 cm³/mol. The lowest BCUT2D eigenvalue weighted by Crippen LogP contribution is -2.23. The second kappa shape index (κ2) is 9.42. The number of anilines is 1. The smallest absolute Gasteiger partial charge is 0.121 e. The lowest BCUT2D eigenvalue weighted by atomic mass is 10.2. The number of rotatable bonds is 8. The number of methoxy groups -OCH3 is 1. The lowest BCUT2D eigenvalue weighted by molar-refractivity contribution is 0.415. The zero-order valence-corrected chi connectivity index (χ0v) is 13.5. The van der Waals surface area contributed by atoms with Gasteiger partial charge < -0.3 is 15.4 Å². The highest BCUT2D eigenvalue weighted by Crippen LogP contribution is 2.27. The minimum atomic E-state index is 0. The monoisotopic (exact) mass is 309 g/mol. The Hall–Kier alpha value is -1.52. The van der Waals surface area contributed by atoms with Gasteiger partial charge in [0, 0.05) is 30.7 Å². The molecule has 1 heterocycles. The molecule has 2 N–H and O–H groups in total. The van der Waals surface area contributed by atoms with Gasteiger partial charge in [-0.1, -0.05) is 19.4 Å². The van der Waals surface area contributed by atoms with Gasteiger partial charge in [0.1, 0.15) is 5.75 Å². The van der Waals surface area contributed by atoms with Crippen molar-refractivity contribution >= 4 is 29.0 Å². The summed E-state index contributed by atoms with van der Waals surface area (Å²) in [5.74, 6) is 0.854. The lowest BCUT2D eigenvalue weighted by Gasteiger charge is -2.11. The van der Waals surface area contributed by atoms with Crippen molar-refractivity contribution in [3.8, 4) is 5.75 Å². The molecule has 1 aromatic carbocycles. The number of benzene rings is 1. The van der Waals surface area contributed by atoms with E-state index in [2.05, 4.69) is 28.6 Å². The number of nitrogens with one attached hydrogen (secondary N) is 2. The van der Waals surface area contributed by atoms with Crippen LogP contribution in [0.25, 0.3) is 10.9 Å². The number of unbranched alkanes of at least 4 members (excludes halogenated alkanes) is 1. The van der Waals surface area contributed by atoms with Gasteiger partial charge >= 0.3 is 0 Å². The maximum absolute atomic E-state index is 5.34. The molecular weight excluding hydrogens is 286 g/mol. The van der Waals surface area contributed by atoms with Crippen LogP contribution >= 0.6 is 12.4 Å². The molecule has 1 aromatic heterocycles. The van der Waals surface area contributed by atoms with Gasteiger partial charge in [-0.2, -0.15) is 0 Å². The third-order valence-corrected chi connectivity index (χ3v) is 3.24. The Morgan fingerprint density at radius 3 is 2.81 bits per heavy atom. The minimum Gasteiger partial charge on any atom is -0.497 e. The number of hydrogen-bond acceptors (Lipinski definition) is 4. The van der Waals surface area contributed by atoms with E-state index in [1.807, 2.05) is 24.4 Å². The summed E-state index contributed by atoms with van der Waals surface area (Å²) in [6.07, 6.45) is 4.27. The molecule has 5 heteroatoms. The summed E-state index contributed by atoms with van der Waals surface area (Å²) in [6, 6.07) is 8.00. The van der Waals surface area contributed by atoms with Crippen LogP contribution < -0.4 is 15.4 Å². The molecule has 21 heavy (non-hydrogen) atoms. The van der Waals surface area contributed by atoms with Crippen LogP contribution in [0.2, 0.25) is 0 Å². The molecule has 0 bridgehead atoms. The first kappa shape index (κ1) is 17.5. The number of pyridine rings is 1. The van der Waals surface area contributed by atoms with E-state index in [4.69, 9.17) is 4.74 Å². The van der Waals surface area contributed by atoms with Crippen LogP contribution in [0.15, 0.2) is 30.5 Å². The summed E-state index contributed by atoms with van der Waals surface area (Å²) in [5.41, 5.74) is 2.01. The van der Waals surface area contributed by atoms with Gasteiger partial charge in [-0.05, 0) is 25.1 Å². The van der Waals surface area contributed by atoms with Crippen molar-refractivity contribution < 1.29 is 4.74 Å². The fraction of sp³-hybridized carbons (Fsp3) is 0.438. The molecule has 0 fully saturated rings. The maximum Gasteiger partial charge on any atom is 0.121 e. The number of hydrogen-bond donors (Lipinski definition) is 2. The molecule has 2 rings (SSSR count). The van der Waals surface area contributed by atoms with Crippen molar-refractivity contribution in [2.75, 3.05) is 32.1 Å². The predicted octanol–water partition coefficient (Wildman–Crippen LogP) is 3.47. The molecule has 0 aliphatic heterocycles. The van der Waals surface area contributed by atoms with Crippen molar-refractivity contribution in [2.24, 2.45) is 0 Å². The van der Waals surface area contributed by atoms with E-state index < -0.39 is 0 Å². The largest absolute Gasteiger partial charge is 0.497 e. The minimum absolute atomic E-state index is 0. The first-order valence-corrected chi connectivity index (χ1v) is 7.22. The summed E-state index contributed by atoms with van der Waals surface area (Å²) >= 11 is 0. The molecular formula is C16H24ClN3O. The van der Waals surface area contributed by atoms with Crippen molar-refractivity contribution in [3.05, 3.63) is 30.5 Å². The van der Waals surface area contributed by atoms with Crippen molar-refractivity contribution in [2.45, 2.75) is 19.8 Å². The molecule has 0 spiro atoms. The SMILES string of the molecule is CCCCNCCNc1cc(OC)cc2cccnc12.Cl. The van der Waals surface area contributed by atoms with Gasteiger partial charge in [-0.15, -0.1) is 12.4 Å². The summed E-state index contributed by atoms with van der Waals surface area (Å²) in [7, 11) is 1.69. The topological polar surface area (TPSA) is 46.2 Å². The van der Waals surface area contributed by atoms with E-state index in [9.17, 15) is 0 Å².